The quantitative estimate of drug-likeness (QED) is 0.814. The van der Waals surface area contributed by atoms with E-state index in [9.17, 15) is 4.79 Å². The number of benzene rings is 1. The summed E-state index contributed by atoms with van der Waals surface area (Å²) in [6.07, 6.45) is 0. The molecule has 1 aromatic rings. The van der Waals surface area contributed by atoms with Gasteiger partial charge in [0.05, 0.1) is 13.2 Å². The Morgan fingerprint density at radius 3 is 2.75 bits per heavy atom. The summed E-state index contributed by atoms with van der Waals surface area (Å²) in [4.78, 5) is 12.0. The van der Waals surface area contributed by atoms with Crippen molar-refractivity contribution >= 4 is 21.8 Å². The fourth-order valence-corrected chi connectivity index (χ4v) is 2.15. The zero-order valence-corrected chi connectivity index (χ0v) is 10.5. The molecule has 0 atom stereocenters. The molecular weight excluding hydrogens is 272 g/mol. The molecule has 0 unspecified atom stereocenters. The van der Waals surface area contributed by atoms with Gasteiger partial charge in [-0.25, -0.2) is 5.43 Å². The van der Waals surface area contributed by atoms with Crippen molar-refractivity contribution in [2.24, 2.45) is 0 Å². The van der Waals surface area contributed by atoms with Crippen LogP contribution >= 0.6 is 15.9 Å². The van der Waals surface area contributed by atoms with Gasteiger partial charge in [-0.05, 0) is 17.7 Å². The van der Waals surface area contributed by atoms with E-state index in [1.54, 1.807) is 7.05 Å². The van der Waals surface area contributed by atoms with Crippen LogP contribution in [-0.4, -0.2) is 26.2 Å². The van der Waals surface area contributed by atoms with Gasteiger partial charge in [0.1, 0.15) is 5.41 Å². The third kappa shape index (κ3) is 1.86. The van der Waals surface area contributed by atoms with Gasteiger partial charge in [0.15, 0.2) is 0 Å². The van der Waals surface area contributed by atoms with Gasteiger partial charge in [0.25, 0.3) is 0 Å². The van der Waals surface area contributed by atoms with Crippen LogP contribution < -0.4 is 10.9 Å². The van der Waals surface area contributed by atoms with Crippen LogP contribution in [0.3, 0.4) is 0 Å². The van der Waals surface area contributed by atoms with Crippen LogP contribution in [0.4, 0.5) is 0 Å². The zero-order valence-electron chi connectivity index (χ0n) is 8.92. The van der Waals surface area contributed by atoms with Crippen molar-refractivity contribution < 1.29 is 9.53 Å². The molecule has 1 aliphatic rings. The number of halogens is 1. The standard InChI is InChI=1S/C11H13BrN2O2/c1-13-14-10(15)11(6-16-7-11)8-3-2-4-9(12)5-8/h2-5,13H,6-7H2,1H3,(H,14,15). The minimum Gasteiger partial charge on any atom is -0.378 e. The van der Waals surface area contributed by atoms with E-state index in [4.69, 9.17) is 4.74 Å². The predicted molar refractivity (Wildman–Crippen MR) is 63.8 cm³/mol. The maximum Gasteiger partial charge on any atom is 0.249 e. The van der Waals surface area contributed by atoms with Gasteiger partial charge in [0.2, 0.25) is 5.91 Å². The summed E-state index contributed by atoms with van der Waals surface area (Å²) in [6.45, 7) is 0.855. The average Bonchev–Trinajstić information content (AvgIpc) is 2.16. The van der Waals surface area contributed by atoms with Crippen molar-refractivity contribution in [3.63, 3.8) is 0 Å². The minimum atomic E-state index is -0.549. The van der Waals surface area contributed by atoms with E-state index in [0.29, 0.717) is 13.2 Å². The summed E-state index contributed by atoms with van der Waals surface area (Å²) in [7, 11) is 1.67. The Morgan fingerprint density at radius 1 is 1.50 bits per heavy atom. The smallest absolute Gasteiger partial charge is 0.249 e. The molecule has 5 heteroatoms. The molecule has 16 heavy (non-hydrogen) atoms. The number of rotatable bonds is 3. The van der Waals surface area contributed by atoms with Gasteiger partial charge in [0, 0.05) is 11.5 Å². The highest BCUT2D eigenvalue weighted by Gasteiger charge is 2.47. The number of nitrogens with one attached hydrogen (secondary N) is 2. The third-order valence-corrected chi connectivity index (χ3v) is 3.24. The SMILES string of the molecule is CNNC(=O)C1(c2cccc(Br)c2)COC1. The van der Waals surface area contributed by atoms with Crippen LogP contribution in [0.2, 0.25) is 0 Å². The predicted octanol–water partition coefficient (Wildman–Crippen LogP) is 0.968. The summed E-state index contributed by atoms with van der Waals surface area (Å²) in [5.41, 5.74) is 5.71. The van der Waals surface area contributed by atoms with Crippen LogP contribution in [0, 0.1) is 0 Å². The van der Waals surface area contributed by atoms with Crippen LogP contribution in [0.5, 0.6) is 0 Å². The lowest BCUT2D eigenvalue weighted by Gasteiger charge is -2.40. The third-order valence-electron chi connectivity index (χ3n) is 2.75. The summed E-state index contributed by atoms with van der Waals surface area (Å²) in [6, 6.07) is 7.76. The number of hydrazine groups is 1. The molecule has 1 saturated heterocycles. The van der Waals surface area contributed by atoms with Crippen molar-refractivity contribution in [2.75, 3.05) is 20.3 Å². The Hall–Kier alpha value is -0.910. The molecule has 0 radical (unpaired) electrons. The van der Waals surface area contributed by atoms with E-state index >= 15 is 0 Å². The molecule has 0 aliphatic carbocycles. The second-order valence-electron chi connectivity index (χ2n) is 3.79. The number of carbonyl (C=O) groups is 1. The first-order valence-electron chi connectivity index (χ1n) is 5.00. The van der Waals surface area contributed by atoms with Gasteiger partial charge in [-0.15, -0.1) is 0 Å². The van der Waals surface area contributed by atoms with Gasteiger partial charge >= 0.3 is 0 Å². The molecule has 1 aliphatic heterocycles. The van der Waals surface area contributed by atoms with Crippen molar-refractivity contribution in [3.8, 4) is 0 Å². The maximum absolute atomic E-state index is 12.0. The number of hydrogen-bond donors (Lipinski definition) is 2. The lowest BCUT2D eigenvalue weighted by Crippen LogP contribution is -2.59. The normalized spacial score (nSPS) is 17.6. The molecule has 0 spiro atoms. The molecule has 1 amide bonds. The molecule has 4 nitrogen and oxygen atoms in total. The van der Waals surface area contributed by atoms with Gasteiger partial charge in [-0.2, -0.15) is 0 Å². The Balaban J connectivity index is 2.31. The number of hydrogen-bond acceptors (Lipinski definition) is 3. The highest BCUT2D eigenvalue weighted by Crippen LogP contribution is 2.33. The highest BCUT2D eigenvalue weighted by molar-refractivity contribution is 9.10. The summed E-state index contributed by atoms with van der Waals surface area (Å²) in [5.74, 6) is -0.0562. The van der Waals surface area contributed by atoms with Gasteiger partial charge in [-0.1, -0.05) is 28.1 Å². The Labute approximate surface area is 102 Å². The van der Waals surface area contributed by atoms with Crippen molar-refractivity contribution in [2.45, 2.75) is 5.41 Å². The molecule has 86 valence electrons. The molecule has 0 saturated carbocycles. The molecule has 1 heterocycles. The average molecular weight is 285 g/mol. The second-order valence-corrected chi connectivity index (χ2v) is 4.71. The topological polar surface area (TPSA) is 50.4 Å². The summed E-state index contributed by atoms with van der Waals surface area (Å²) < 4.78 is 6.16. The molecule has 2 N–H and O–H groups in total. The van der Waals surface area contributed by atoms with Crippen molar-refractivity contribution in [1.82, 2.24) is 10.9 Å². The number of carbonyl (C=O) groups excluding carboxylic acids is 1. The Bertz CT molecular complexity index is 405. The van der Waals surface area contributed by atoms with Crippen molar-refractivity contribution in [3.05, 3.63) is 34.3 Å². The first-order valence-corrected chi connectivity index (χ1v) is 5.79. The fraction of sp³-hybridized carbons (Fsp3) is 0.364. The maximum atomic E-state index is 12.0. The molecule has 1 aromatic carbocycles. The minimum absolute atomic E-state index is 0.0562. The van der Waals surface area contributed by atoms with Gasteiger partial charge in [-0.3, -0.25) is 10.2 Å². The Morgan fingerprint density at radius 2 is 2.25 bits per heavy atom. The summed E-state index contributed by atoms with van der Waals surface area (Å²) >= 11 is 3.41. The van der Waals surface area contributed by atoms with Gasteiger partial charge < -0.3 is 4.74 Å². The largest absolute Gasteiger partial charge is 0.378 e. The lowest BCUT2D eigenvalue weighted by atomic mass is 9.78. The van der Waals surface area contributed by atoms with Crippen molar-refractivity contribution in [1.29, 1.82) is 0 Å². The zero-order chi connectivity index (χ0) is 11.6. The van der Waals surface area contributed by atoms with E-state index in [-0.39, 0.29) is 5.91 Å². The van der Waals surface area contributed by atoms with E-state index in [1.807, 2.05) is 24.3 Å². The molecule has 1 fully saturated rings. The van der Waals surface area contributed by atoms with E-state index in [0.717, 1.165) is 10.0 Å². The van der Waals surface area contributed by atoms with Crippen LogP contribution in [0.1, 0.15) is 5.56 Å². The van der Waals surface area contributed by atoms with Crippen LogP contribution in [-0.2, 0) is 14.9 Å². The molecule has 0 bridgehead atoms. The van der Waals surface area contributed by atoms with E-state index < -0.39 is 5.41 Å². The molecule has 0 aromatic heterocycles. The monoisotopic (exact) mass is 284 g/mol. The summed E-state index contributed by atoms with van der Waals surface area (Å²) in [5, 5.41) is 0. The molecule has 2 rings (SSSR count). The first kappa shape index (κ1) is 11.6. The highest BCUT2D eigenvalue weighted by atomic mass is 79.9. The molecular formula is C11H13BrN2O2. The lowest BCUT2D eigenvalue weighted by molar-refractivity contribution is -0.146. The Kier molecular flexibility index (Phi) is 3.28. The van der Waals surface area contributed by atoms with E-state index in [1.165, 1.54) is 0 Å². The fourth-order valence-electron chi connectivity index (χ4n) is 1.75. The van der Waals surface area contributed by atoms with Crippen LogP contribution in [0.25, 0.3) is 0 Å². The van der Waals surface area contributed by atoms with Crippen LogP contribution in [0.15, 0.2) is 28.7 Å². The number of amides is 1. The second kappa shape index (κ2) is 4.53. The number of ether oxygens (including phenoxy) is 1. The van der Waals surface area contributed by atoms with E-state index in [2.05, 4.69) is 26.8 Å². The first-order chi connectivity index (χ1) is 7.69.